The van der Waals surface area contributed by atoms with Crippen molar-refractivity contribution in [1.82, 2.24) is 20.0 Å². The van der Waals surface area contributed by atoms with E-state index in [9.17, 15) is 0 Å². The molecule has 1 fully saturated rings. The van der Waals surface area contributed by atoms with Gasteiger partial charge in [0.15, 0.2) is 5.96 Å². The molecule has 1 saturated heterocycles. The number of rotatable bonds is 5. The third kappa shape index (κ3) is 7.03. The van der Waals surface area contributed by atoms with Crippen LogP contribution in [0.25, 0.3) is 0 Å². The SMILES string of the molecule is CCNC(=NCC1CN(C)CCN1C)N(C)Cc1ccc(Cl)c(Cl)c1.I. The van der Waals surface area contributed by atoms with Gasteiger partial charge >= 0.3 is 0 Å². The maximum atomic E-state index is 6.12. The summed E-state index contributed by atoms with van der Waals surface area (Å²) in [6.07, 6.45) is 0. The average molecular weight is 514 g/mol. The van der Waals surface area contributed by atoms with Crippen molar-refractivity contribution in [2.24, 2.45) is 4.99 Å². The summed E-state index contributed by atoms with van der Waals surface area (Å²) in [5.41, 5.74) is 1.11. The van der Waals surface area contributed by atoms with Crippen molar-refractivity contribution in [3.63, 3.8) is 0 Å². The predicted octanol–water partition coefficient (Wildman–Crippen LogP) is 3.25. The van der Waals surface area contributed by atoms with Crippen molar-refractivity contribution in [2.75, 3.05) is 53.9 Å². The Kier molecular flexibility index (Phi) is 10.5. The van der Waals surface area contributed by atoms with Crippen molar-refractivity contribution >= 4 is 53.1 Å². The molecule has 0 aliphatic carbocycles. The van der Waals surface area contributed by atoms with Gasteiger partial charge in [0, 0.05) is 45.8 Å². The van der Waals surface area contributed by atoms with E-state index in [1.165, 1.54) is 0 Å². The fourth-order valence-corrected chi connectivity index (χ4v) is 3.27. The molecule has 8 heteroatoms. The molecule has 1 aromatic carbocycles. The maximum absolute atomic E-state index is 6.12. The summed E-state index contributed by atoms with van der Waals surface area (Å²) >= 11 is 12.1. The number of nitrogens with zero attached hydrogens (tertiary/aromatic N) is 4. The lowest BCUT2D eigenvalue weighted by molar-refractivity contribution is 0.119. The van der Waals surface area contributed by atoms with Crippen molar-refractivity contribution in [1.29, 1.82) is 0 Å². The Morgan fingerprint density at radius 1 is 1.27 bits per heavy atom. The third-order valence-corrected chi connectivity index (χ3v) is 5.27. The Balaban J connectivity index is 0.00000338. The van der Waals surface area contributed by atoms with Crippen LogP contribution in [0.3, 0.4) is 0 Å². The summed E-state index contributed by atoms with van der Waals surface area (Å²) < 4.78 is 0. The van der Waals surface area contributed by atoms with Gasteiger partial charge in [-0.3, -0.25) is 9.89 Å². The van der Waals surface area contributed by atoms with Crippen molar-refractivity contribution in [3.8, 4) is 0 Å². The largest absolute Gasteiger partial charge is 0.357 e. The first-order valence-electron chi connectivity index (χ1n) is 8.72. The van der Waals surface area contributed by atoms with Crippen LogP contribution < -0.4 is 5.32 Å². The van der Waals surface area contributed by atoms with Crippen LogP contribution in [0.15, 0.2) is 23.2 Å². The number of aliphatic imine (C=N–C) groups is 1. The highest BCUT2D eigenvalue weighted by Gasteiger charge is 2.22. The number of hydrogen-bond donors (Lipinski definition) is 1. The number of hydrogen-bond acceptors (Lipinski definition) is 3. The van der Waals surface area contributed by atoms with E-state index in [0.29, 0.717) is 16.1 Å². The molecular formula is C18H30Cl2IN5. The highest BCUT2D eigenvalue weighted by atomic mass is 127. The first-order chi connectivity index (χ1) is 11.9. The molecule has 0 amide bonds. The lowest BCUT2D eigenvalue weighted by Gasteiger charge is -2.37. The summed E-state index contributed by atoms with van der Waals surface area (Å²) in [5, 5.41) is 4.55. The number of nitrogens with one attached hydrogen (secondary N) is 1. The molecule has 1 atom stereocenters. The molecule has 0 radical (unpaired) electrons. The standard InChI is InChI=1S/C18H29Cl2N5.HI/c1-5-21-18(22-11-15-13-23(2)8-9-24(15)3)25(4)12-14-6-7-16(19)17(20)10-14;/h6-7,10,15H,5,8-9,11-13H2,1-4H3,(H,21,22);1H. The Morgan fingerprint density at radius 2 is 2.00 bits per heavy atom. The zero-order valence-corrected chi connectivity index (χ0v) is 19.8. The molecule has 1 aliphatic rings. The molecule has 0 bridgehead atoms. The zero-order valence-electron chi connectivity index (χ0n) is 16.0. The number of benzene rings is 1. The van der Waals surface area contributed by atoms with E-state index in [1.54, 1.807) is 0 Å². The first-order valence-corrected chi connectivity index (χ1v) is 9.48. The molecule has 0 aromatic heterocycles. The summed E-state index contributed by atoms with van der Waals surface area (Å²) in [7, 11) is 6.39. The summed E-state index contributed by atoms with van der Waals surface area (Å²) in [4.78, 5) is 11.7. The molecule has 2 rings (SSSR count). The van der Waals surface area contributed by atoms with E-state index >= 15 is 0 Å². The van der Waals surface area contributed by atoms with Gasteiger partial charge in [-0.05, 0) is 38.7 Å². The van der Waals surface area contributed by atoms with Crippen LogP contribution in [0.5, 0.6) is 0 Å². The molecule has 1 N–H and O–H groups in total. The summed E-state index contributed by atoms with van der Waals surface area (Å²) in [6, 6.07) is 6.20. The zero-order chi connectivity index (χ0) is 18.4. The Morgan fingerprint density at radius 3 is 2.65 bits per heavy atom. The van der Waals surface area contributed by atoms with Gasteiger partial charge in [0.05, 0.1) is 16.6 Å². The van der Waals surface area contributed by atoms with E-state index in [0.717, 1.165) is 50.8 Å². The predicted molar refractivity (Wildman–Crippen MR) is 123 cm³/mol. The van der Waals surface area contributed by atoms with Crippen LogP contribution in [-0.2, 0) is 6.54 Å². The van der Waals surface area contributed by atoms with Gasteiger partial charge in [-0.15, -0.1) is 24.0 Å². The molecule has 1 aliphatic heterocycles. The lowest BCUT2D eigenvalue weighted by atomic mass is 10.2. The quantitative estimate of drug-likeness (QED) is 0.372. The van der Waals surface area contributed by atoms with Gasteiger partial charge in [0.2, 0.25) is 0 Å². The Bertz CT molecular complexity index is 599. The van der Waals surface area contributed by atoms with E-state index in [4.69, 9.17) is 28.2 Å². The van der Waals surface area contributed by atoms with Crippen molar-refractivity contribution in [2.45, 2.75) is 19.5 Å². The van der Waals surface area contributed by atoms with Crippen LogP contribution in [0.4, 0.5) is 0 Å². The highest BCUT2D eigenvalue weighted by Crippen LogP contribution is 2.23. The van der Waals surface area contributed by atoms with Crippen LogP contribution in [-0.4, -0.2) is 80.6 Å². The lowest BCUT2D eigenvalue weighted by Crippen LogP contribution is -2.51. The van der Waals surface area contributed by atoms with Crippen molar-refractivity contribution in [3.05, 3.63) is 33.8 Å². The van der Waals surface area contributed by atoms with Gasteiger partial charge < -0.3 is 15.1 Å². The first kappa shape index (κ1) is 23.8. The molecular weight excluding hydrogens is 484 g/mol. The molecule has 0 saturated carbocycles. The van der Waals surface area contributed by atoms with Gasteiger partial charge in [-0.25, -0.2) is 0 Å². The van der Waals surface area contributed by atoms with Crippen LogP contribution in [0.1, 0.15) is 12.5 Å². The molecule has 148 valence electrons. The normalized spacial score (nSPS) is 19.2. The number of guanidine groups is 1. The van der Waals surface area contributed by atoms with Crippen LogP contribution in [0.2, 0.25) is 10.0 Å². The smallest absolute Gasteiger partial charge is 0.194 e. The van der Waals surface area contributed by atoms with Gasteiger partial charge in [0.25, 0.3) is 0 Å². The second-order valence-corrected chi connectivity index (χ2v) is 7.51. The number of halogens is 3. The number of piperazine rings is 1. The minimum atomic E-state index is 0. The summed E-state index contributed by atoms with van der Waals surface area (Å²) in [6.45, 7) is 7.70. The molecule has 1 heterocycles. The second kappa shape index (κ2) is 11.5. The van der Waals surface area contributed by atoms with Gasteiger partial charge in [0.1, 0.15) is 0 Å². The van der Waals surface area contributed by atoms with Crippen LogP contribution >= 0.6 is 47.2 Å². The van der Waals surface area contributed by atoms with Gasteiger partial charge in [-0.2, -0.15) is 0 Å². The average Bonchev–Trinajstić information content (AvgIpc) is 2.57. The second-order valence-electron chi connectivity index (χ2n) is 6.70. The topological polar surface area (TPSA) is 34.1 Å². The monoisotopic (exact) mass is 513 g/mol. The molecule has 0 spiro atoms. The fraction of sp³-hybridized carbons (Fsp3) is 0.611. The molecule has 26 heavy (non-hydrogen) atoms. The van der Waals surface area contributed by atoms with E-state index in [-0.39, 0.29) is 24.0 Å². The van der Waals surface area contributed by atoms with Gasteiger partial charge in [-0.1, -0.05) is 29.3 Å². The molecule has 1 aromatic rings. The van der Waals surface area contributed by atoms with E-state index in [1.807, 2.05) is 25.2 Å². The molecule has 1 unspecified atom stereocenters. The van der Waals surface area contributed by atoms with E-state index in [2.05, 4.69) is 41.0 Å². The molecule has 5 nitrogen and oxygen atoms in total. The maximum Gasteiger partial charge on any atom is 0.194 e. The minimum absolute atomic E-state index is 0. The Hall–Kier alpha value is -0.280. The fourth-order valence-electron chi connectivity index (χ4n) is 2.95. The highest BCUT2D eigenvalue weighted by molar-refractivity contribution is 14.0. The van der Waals surface area contributed by atoms with Crippen LogP contribution in [0, 0.1) is 0 Å². The Labute approximate surface area is 184 Å². The van der Waals surface area contributed by atoms with E-state index < -0.39 is 0 Å². The van der Waals surface area contributed by atoms with Crippen molar-refractivity contribution < 1.29 is 0 Å². The summed E-state index contributed by atoms with van der Waals surface area (Å²) in [5.74, 6) is 0.912. The third-order valence-electron chi connectivity index (χ3n) is 4.53. The minimum Gasteiger partial charge on any atom is -0.357 e. The number of likely N-dealkylation sites (N-methyl/N-ethyl adjacent to an activating group) is 2.